The molecule has 0 unspecified atom stereocenters. The van der Waals surface area contributed by atoms with Crippen molar-refractivity contribution in [3.63, 3.8) is 0 Å². The first kappa shape index (κ1) is 15.4. The van der Waals surface area contributed by atoms with Crippen LogP contribution in [0.25, 0.3) is 22.4 Å². The summed E-state index contributed by atoms with van der Waals surface area (Å²) in [5, 5.41) is 10.1. The topological polar surface area (TPSA) is 48.0 Å². The Morgan fingerprint density at radius 1 is 1.19 bits per heavy atom. The monoisotopic (exact) mass is 353 g/mol. The Labute approximate surface area is 148 Å². The molecular formula is C19H17F2N5. The molecule has 1 fully saturated rings. The Hall–Kier alpha value is -2.83. The van der Waals surface area contributed by atoms with E-state index in [-0.39, 0.29) is 5.56 Å². The zero-order valence-electron chi connectivity index (χ0n) is 14.4. The predicted molar refractivity (Wildman–Crippen MR) is 94.0 cm³/mol. The number of hydrogen-bond acceptors (Lipinski definition) is 3. The Morgan fingerprint density at radius 2 is 2.00 bits per heavy atom. The Bertz CT molecular complexity index is 1150. The van der Waals surface area contributed by atoms with Gasteiger partial charge in [-0.25, -0.2) is 18.4 Å². The molecule has 0 saturated heterocycles. The maximum Gasteiger partial charge on any atom is 0.264 e. The third-order valence-electron chi connectivity index (χ3n) is 5.07. The summed E-state index contributed by atoms with van der Waals surface area (Å²) in [6.07, 6.45) is 1.28. The van der Waals surface area contributed by atoms with Crippen LogP contribution in [0.4, 0.5) is 8.78 Å². The normalized spacial score (nSPS) is 14.8. The minimum Gasteiger partial charge on any atom is -0.214 e. The average Bonchev–Trinajstić information content (AvgIpc) is 3.23. The summed E-state index contributed by atoms with van der Waals surface area (Å²) < 4.78 is 30.7. The Balaban J connectivity index is 1.89. The number of benzene rings is 1. The quantitative estimate of drug-likeness (QED) is 0.545. The van der Waals surface area contributed by atoms with E-state index < -0.39 is 6.43 Å². The van der Waals surface area contributed by atoms with Crippen LogP contribution in [-0.4, -0.2) is 24.4 Å². The van der Waals surface area contributed by atoms with Crippen molar-refractivity contribution in [2.24, 2.45) is 0 Å². The summed E-state index contributed by atoms with van der Waals surface area (Å²) in [6, 6.07) is 7.36. The van der Waals surface area contributed by atoms with Crippen molar-refractivity contribution in [2.45, 2.75) is 39.0 Å². The second kappa shape index (κ2) is 5.33. The van der Waals surface area contributed by atoms with Gasteiger partial charge >= 0.3 is 0 Å². The smallest absolute Gasteiger partial charge is 0.214 e. The number of aryl methyl sites for hydroxylation is 1. The molecule has 0 aliphatic heterocycles. The molecule has 0 spiro atoms. The molecule has 0 radical (unpaired) electrons. The van der Waals surface area contributed by atoms with Crippen LogP contribution in [0.5, 0.6) is 0 Å². The van der Waals surface area contributed by atoms with Gasteiger partial charge in [-0.05, 0) is 38.3 Å². The highest BCUT2D eigenvalue weighted by Crippen LogP contribution is 2.39. The van der Waals surface area contributed by atoms with Gasteiger partial charge in [0.1, 0.15) is 0 Å². The Kier molecular flexibility index (Phi) is 3.16. The Morgan fingerprint density at radius 3 is 2.73 bits per heavy atom. The van der Waals surface area contributed by atoms with Crippen molar-refractivity contribution in [3.05, 3.63) is 53.0 Å². The molecule has 5 rings (SSSR count). The molecule has 0 bridgehead atoms. The SMILES string of the molecule is Cc1c(C(F)F)cc2nc(C3CC3)nn2c1-n1ncc2cccc(C)c21. The molecule has 1 aromatic carbocycles. The predicted octanol–water partition coefficient (Wildman–Crippen LogP) is 4.50. The molecule has 132 valence electrons. The second-order valence-electron chi connectivity index (χ2n) is 6.93. The summed E-state index contributed by atoms with van der Waals surface area (Å²) in [7, 11) is 0. The lowest BCUT2D eigenvalue weighted by molar-refractivity contribution is 0.150. The highest BCUT2D eigenvalue weighted by Gasteiger charge is 2.30. The highest BCUT2D eigenvalue weighted by atomic mass is 19.3. The summed E-state index contributed by atoms with van der Waals surface area (Å²) in [6.45, 7) is 3.68. The van der Waals surface area contributed by atoms with Gasteiger partial charge in [0, 0.05) is 22.4 Å². The van der Waals surface area contributed by atoms with E-state index in [2.05, 4.69) is 15.2 Å². The zero-order valence-corrected chi connectivity index (χ0v) is 14.4. The second-order valence-corrected chi connectivity index (χ2v) is 6.93. The first-order chi connectivity index (χ1) is 12.5. The molecule has 3 aromatic heterocycles. The number of alkyl halides is 2. The standard InChI is InChI=1S/C19H17F2N5/c1-10-4-3-5-13-9-22-26(16(10)13)19-11(2)14(17(20)21)8-15-23-18(12-6-7-12)24-25(15)19/h3-5,8-9,12,17H,6-7H2,1-2H3. The van der Waals surface area contributed by atoms with Crippen LogP contribution in [-0.2, 0) is 0 Å². The number of hydrogen-bond donors (Lipinski definition) is 0. The summed E-state index contributed by atoms with van der Waals surface area (Å²) in [4.78, 5) is 4.51. The first-order valence-electron chi connectivity index (χ1n) is 8.66. The van der Waals surface area contributed by atoms with E-state index in [4.69, 9.17) is 0 Å². The van der Waals surface area contributed by atoms with Crippen molar-refractivity contribution in [2.75, 3.05) is 0 Å². The van der Waals surface area contributed by atoms with E-state index in [1.165, 1.54) is 6.07 Å². The summed E-state index contributed by atoms with van der Waals surface area (Å²) in [5.74, 6) is 1.60. The minimum absolute atomic E-state index is 0.0283. The van der Waals surface area contributed by atoms with E-state index in [1.54, 1.807) is 22.3 Å². The maximum absolute atomic E-state index is 13.7. The third-order valence-corrected chi connectivity index (χ3v) is 5.07. The number of nitrogens with zero attached hydrogens (tertiary/aromatic N) is 5. The average molecular weight is 353 g/mol. The molecule has 1 saturated carbocycles. The molecule has 26 heavy (non-hydrogen) atoms. The molecule has 0 atom stereocenters. The molecular weight excluding hydrogens is 336 g/mol. The summed E-state index contributed by atoms with van der Waals surface area (Å²) in [5.41, 5.74) is 2.80. The zero-order chi connectivity index (χ0) is 18.0. The van der Waals surface area contributed by atoms with E-state index in [1.807, 2.05) is 25.1 Å². The van der Waals surface area contributed by atoms with Crippen molar-refractivity contribution in [1.82, 2.24) is 24.4 Å². The molecule has 1 aliphatic rings. The number of halogens is 2. The van der Waals surface area contributed by atoms with Crippen molar-refractivity contribution >= 4 is 16.6 Å². The van der Waals surface area contributed by atoms with Crippen LogP contribution < -0.4 is 0 Å². The summed E-state index contributed by atoms with van der Waals surface area (Å²) >= 11 is 0. The number of fused-ring (bicyclic) bond motifs is 2. The molecule has 4 aromatic rings. The maximum atomic E-state index is 13.7. The van der Waals surface area contributed by atoms with Gasteiger partial charge in [-0.3, -0.25) is 0 Å². The lowest BCUT2D eigenvalue weighted by atomic mass is 10.1. The van der Waals surface area contributed by atoms with Crippen LogP contribution in [0, 0.1) is 13.8 Å². The lowest BCUT2D eigenvalue weighted by Gasteiger charge is -2.14. The van der Waals surface area contributed by atoms with E-state index in [0.29, 0.717) is 22.9 Å². The van der Waals surface area contributed by atoms with E-state index in [0.717, 1.165) is 35.1 Å². The van der Waals surface area contributed by atoms with Crippen molar-refractivity contribution in [1.29, 1.82) is 0 Å². The number of para-hydroxylation sites is 1. The fraction of sp³-hybridized carbons (Fsp3) is 0.316. The van der Waals surface area contributed by atoms with E-state index >= 15 is 0 Å². The number of aromatic nitrogens is 5. The van der Waals surface area contributed by atoms with Crippen LogP contribution >= 0.6 is 0 Å². The van der Waals surface area contributed by atoms with Gasteiger partial charge in [-0.2, -0.15) is 9.61 Å². The highest BCUT2D eigenvalue weighted by molar-refractivity contribution is 5.83. The van der Waals surface area contributed by atoms with Gasteiger partial charge in [-0.15, -0.1) is 5.10 Å². The van der Waals surface area contributed by atoms with Gasteiger partial charge in [0.15, 0.2) is 17.3 Å². The van der Waals surface area contributed by atoms with Gasteiger partial charge in [0.25, 0.3) is 6.43 Å². The van der Waals surface area contributed by atoms with Crippen LogP contribution in [0.15, 0.2) is 30.5 Å². The van der Waals surface area contributed by atoms with E-state index in [9.17, 15) is 8.78 Å². The number of pyridine rings is 1. The van der Waals surface area contributed by atoms with Crippen LogP contribution in [0.3, 0.4) is 0 Å². The third kappa shape index (κ3) is 2.16. The number of rotatable bonds is 3. The van der Waals surface area contributed by atoms with Crippen molar-refractivity contribution in [3.8, 4) is 5.82 Å². The van der Waals surface area contributed by atoms with Gasteiger partial charge < -0.3 is 0 Å². The molecule has 0 amide bonds. The van der Waals surface area contributed by atoms with Crippen LogP contribution in [0.2, 0.25) is 0 Å². The van der Waals surface area contributed by atoms with Crippen LogP contribution in [0.1, 0.15) is 47.7 Å². The lowest BCUT2D eigenvalue weighted by Crippen LogP contribution is -2.10. The molecule has 0 N–H and O–H groups in total. The fourth-order valence-corrected chi connectivity index (χ4v) is 3.53. The molecule has 5 nitrogen and oxygen atoms in total. The largest absolute Gasteiger partial charge is 0.264 e. The molecule has 1 aliphatic carbocycles. The van der Waals surface area contributed by atoms with Crippen molar-refractivity contribution < 1.29 is 8.78 Å². The molecule has 7 heteroatoms. The minimum atomic E-state index is -2.58. The van der Waals surface area contributed by atoms with Gasteiger partial charge in [0.2, 0.25) is 0 Å². The van der Waals surface area contributed by atoms with Gasteiger partial charge in [-0.1, -0.05) is 18.2 Å². The molecule has 3 heterocycles. The fourth-order valence-electron chi connectivity index (χ4n) is 3.53. The first-order valence-corrected chi connectivity index (χ1v) is 8.66. The van der Waals surface area contributed by atoms with Gasteiger partial charge in [0.05, 0.1) is 11.7 Å².